The number of allylic oxidation sites excluding steroid dienone is 4. The predicted octanol–water partition coefficient (Wildman–Crippen LogP) is 10.9. The van der Waals surface area contributed by atoms with Crippen molar-refractivity contribution in [3.63, 3.8) is 0 Å². The van der Waals surface area contributed by atoms with Crippen LogP contribution in [0, 0.1) is 22.7 Å². The first-order valence-electron chi connectivity index (χ1n) is 16.2. The van der Waals surface area contributed by atoms with Crippen LogP contribution in [0.5, 0.6) is 0 Å². The molecular weight excluding hydrogens is 585 g/mol. The zero-order valence-corrected chi connectivity index (χ0v) is 26.0. The van der Waals surface area contributed by atoms with E-state index in [2.05, 4.69) is 143 Å². The van der Waals surface area contributed by atoms with Crippen molar-refractivity contribution in [1.82, 2.24) is 9.13 Å². The summed E-state index contributed by atoms with van der Waals surface area (Å²) < 4.78 is 4.71. The molecule has 0 bridgehead atoms. The second kappa shape index (κ2) is 11.0. The SMILES string of the molecule is N#Cc1ccc(-n2c3ccccc3c3ccccc32)c(-c2cccc(C3=CC(n4c5ccccc5c5c(C#N)cccc54)CC=C3)c2)c1. The molecule has 4 heteroatoms. The molecule has 1 aliphatic rings. The maximum absolute atomic E-state index is 9.94. The standard InChI is InChI=1S/C44H28N4/c45-27-29-22-23-42(48-39-18-4-1-15-35(39)36-16-2-5-19-40(36)48)38(24-29)32-12-7-10-30(25-32)31-11-8-14-34(26-31)47-41-20-6-3-17-37(41)44-33(28-46)13-9-21-43(44)47/h1-13,15-26,34H,14H2. The summed E-state index contributed by atoms with van der Waals surface area (Å²) in [7, 11) is 0. The van der Waals surface area contributed by atoms with Crippen LogP contribution in [0.25, 0.3) is 66.0 Å². The first-order chi connectivity index (χ1) is 23.7. The normalized spacial score (nSPS) is 14.4. The maximum Gasteiger partial charge on any atom is 0.0998 e. The molecule has 0 saturated carbocycles. The lowest BCUT2D eigenvalue weighted by molar-refractivity contribution is 0.650. The monoisotopic (exact) mass is 612 g/mol. The average molecular weight is 613 g/mol. The van der Waals surface area contributed by atoms with Crippen LogP contribution in [0.15, 0.2) is 152 Å². The van der Waals surface area contributed by atoms with E-state index in [4.69, 9.17) is 0 Å². The van der Waals surface area contributed by atoms with Crippen LogP contribution >= 0.6 is 0 Å². The highest BCUT2D eigenvalue weighted by atomic mass is 15.0. The number of hydrogen-bond acceptors (Lipinski definition) is 2. The molecule has 9 rings (SSSR count). The molecular formula is C44H28N4. The van der Waals surface area contributed by atoms with E-state index in [0.717, 1.165) is 67.2 Å². The van der Waals surface area contributed by atoms with Crippen LogP contribution < -0.4 is 0 Å². The molecule has 4 nitrogen and oxygen atoms in total. The van der Waals surface area contributed by atoms with Crippen LogP contribution in [-0.2, 0) is 0 Å². The lowest BCUT2D eigenvalue weighted by Crippen LogP contribution is -2.08. The van der Waals surface area contributed by atoms with Gasteiger partial charge in [-0.05, 0) is 77.7 Å². The Morgan fingerprint density at radius 1 is 0.583 bits per heavy atom. The topological polar surface area (TPSA) is 57.4 Å². The molecule has 0 amide bonds. The lowest BCUT2D eigenvalue weighted by Gasteiger charge is -2.22. The molecule has 0 fully saturated rings. The van der Waals surface area contributed by atoms with Gasteiger partial charge in [-0.1, -0.05) is 97.1 Å². The summed E-state index contributed by atoms with van der Waals surface area (Å²) in [5, 5.41) is 24.4. The zero-order chi connectivity index (χ0) is 32.2. The minimum absolute atomic E-state index is 0.0834. The molecule has 0 spiro atoms. The Bertz CT molecular complexity index is 2680. The van der Waals surface area contributed by atoms with Gasteiger partial charge in [-0.2, -0.15) is 10.5 Å². The number of hydrogen-bond donors (Lipinski definition) is 0. The molecule has 8 aromatic rings. The number of fused-ring (bicyclic) bond motifs is 6. The van der Waals surface area contributed by atoms with Crippen molar-refractivity contribution in [2.45, 2.75) is 12.5 Å². The highest BCUT2D eigenvalue weighted by Crippen LogP contribution is 2.40. The highest BCUT2D eigenvalue weighted by molar-refractivity contribution is 6.11. The third kappa shape index (κ3) is 4.21. The first-order valence-corrected chi connectivity index (χ1v) is 16.2. The molecule has 6 aromatic carbocycles. The molecule has 2 aromatic heterocycles. The fourth-order valence-corrected chi connectivity index (χ4v) is 7.62. The number of benzene rings is 6. The Hall–Kier alpha value is -6.62. The van der Waals surface area contributed by atoms with Crippen LogP contribution in [0.1, 0.15) is 29.2 Å². The van der Waals surface area contributed by atoms with E-state index in [0.29, 0.717) is 11.1 Å². The van der Waals surface area contributed by atoms with Crippen LogP contribution in [0.3, 0.4) is 0 Å². The van der Waals surface area contributed by atoms with E-state index < -0.39 is 0 Å². The quantitative estimate of drug-likeness (QED) is 0.199. The van der Waals surface area contributed by atoms with Crippen LogP contribution in [0.4, 0.5) is 0 Å². The molecule has 1 unspecified atom stereocenters. The van der Waals surface area contributed by atoms with Gasteiger partial charge in [-0.25, -0.2) is 0 Å². The Balaban J connectivity index is 1.20. The van der Waals surface area contributed by atoms with Gasteiger partial charge in [0, 0.05) is 32.6 Å². The van der Waals surface area contributed by atoms with Gasteiger partial charge in [0.2, 0.25) is 0 Å². The van der Waals surface area contributed by atoms with Crippen molar-refractivity contribution in [2.24, 2.45) is 0 Å². The Labute approximate surface area is 277 Å². The largest absolute Gasteiger partial charge is 0.333 e. The molecule has 1 aliphatic carbocycles. The fourth-order valence-electron chi connectivity index (χ4n) is 7.62. The smallest absolute Gasteiger partial charge is 0.0998 e. The summed E-state index contributed by atoms with van der Waals surface area (Å²) in [4.78, 5) is 0. The molecule has 0 N–H and O–H groups in total. The second-order valence-electron chi connectivity index (χ2n) is 12.3. The van der Waals surface area contributed by atoms with E-state index in [1.807, 2.05) is 30.3 Å². The van der Waals surface area contributed by atoms with E-state index in [1.165, 1.54) is 10.8 Å². The molecule has 224 valence electrons. The number of para-hydroxylation sites is 3. The van der Waals surface area contributed by atoms with Crippen LogP contribution in [0.2, 0.25) is 0 Å². The molecule has 1 atom stereocenters. The van der Waals surface area contributed by atoms with Crippen molar-refractivity contribution < 1.29 is 0 Å². The van der Waals surface area contributed by atoms with Crippen molar-refractivity contribution in [3.05, 3.63) is 168 Å². The summed E-state index contributed by atoms with van der Waals surface area (Å²) in [5.41, 5.74) is 11.1. The number of nitrogens with zero attached hydrogens (tertiary/aromatic N) is 4. The zero-order valence-electron chi connectivity index (χ0n) is 26.0. The van der Waals surface area contributed by atoms with Gasteiger partial charge in [0.15, 0.2) is 0 Å². The average Bonchev–Trinajstić information content (AvgIpc) is 3.68. The molecule has 2 heterocycles. The van der Waals surface area contributed by atoms with Crippen molar-refractivity contribution in [1.29, 1.82) is 10.5 Å². The summed E-state index contributed by atoms with van der Waals surface area (Å²) in [6, 6.07) is 50.9. The predicted molar refractivity (Wildman–Crippen MR) is 196 cm³/mol. The number of aromatic nitrogens is 2. The van der Waals surface area contributed by atoms with E-state index in [-0.39, 0.29) is 6.04 Å². The maximum atomic E-state index is 9.94. The van der Waals surface area contributed by atoms with E-state index >= 15 is 0 Å². The number of rotatable bonds is 4. The van der Waals surface area contributed by atoms with Gasteiger partial charge < -0.3 is 9.13 Å². The highest BCUT2D eigenvalue weighted by Gasteiger charge is 2.21. The minimum atomic E-state index is 0.0834. The van der Waals surface area contributed by atoms with Crippen molar-refractivity contribution in [3.8, 4) is 29.0 Å². The summed E-state index contributed by atoms with van der Waals surface area (Å²) in [6.45, 7) is 0. The van der Waals surface area contributed by atoms with Crippen LogP contribution in [-0.4, -0.2) is 9.13 Å². The third-order valence-electron chi connectivity index (χ3n) is 9.69. The minimum Gasteiger partial charge on any atom is -0.333 e. The van der Waals surface area contributed by atoms with E-state index in [9.17, 15) is 10.5 Å². The second-order valence-corrected chi connectivity index (χ2v) is 12.3. The Morgan fingerprint density at radius 3 is 2.00 bits per heavy atom. The Kier molecular flexibility index (Phi) is 6.35. The third-order valence-corrected chi connectivity index (χ3v) is 9.69. The van der Waals surface area contributed by atoms with Crippen molar-refractivity contribution >= 4 is 49.2 Å². The summed E-state index contributed by atoms with van der Waals surface area (Å²) >= 11 is 0. The van der Waals surface area contributed by atoms with E-state index in [1.54, 1.807) is 0 Å². The van der Waals surface area contributed by atoms with Gasteiger partial charge in [0.05, 0.1) is 51.5 Å². The lowest BCUT2D eigenvalue weighted by atomic mass is 9.93. The first kappa shape index (κ1) is 27.7. The Morgan fingerprint density at radius 2 is 1.25 bits per heavy atom. The number of nitriles is 2. The van der Waals surface area contributed by atoms with Gasteiger partial charge in [0.25, 0.3) is 0 Å². The van der Waals surface area contributed by atoms with Gasteiger partial charge in [0.1, 0.15) is 0 Å². The molecule has 0 saturated heterocycles. The fraction of sp³-hybridized carbons (Fsp3) is 0.0455. The molecule has 0 aliphatic heterocycles. The van der Waals surface area contributed by atoms with Gasteiger partial charge in [-0.3, -0.25) is 0 Å². The van der Waals surface area contributed by atoms with Gasteiger partial charge in [-0.15, -0.1) is 0 Å². The van der Waals surface area contributed by atoms with Crippen molar-refractivity contribution in [2.75, 3.05) is 0 Å². The summed E-state index contributed by atoms with van der Waals surface area (Å²) in [6.07, 6.45) is 7.67. The molecule has 0 radical (unpaired) electrons. The van der Waals surface area contributed by atoms with Gasteiger partial charge >= 0.3 is 0 Å². The summed E-state index contributed by atoms with van der Waals surface area (Å²) in [5.74, 6) is 0. The molecule has 48 heavy (non-hydrogen) atoms.